The lowest BCUT2D eigenvalue weighted by atomic mass is 9.95. The molecule has 0 spiro atoms. The smallest absolute Gasteiger partial charge is 0.257 e. The van der Waals surface area contributed by atoms with Gasteiger partial charge in [-0.25, -0.2) is 4.98 Å². The summed E-state index contributed by atoms with van der Waals surface area (Å²) >= 11 is 0. The zero-order valence-electron chi connectivity index (χ0n) is 14.8. The number of fused-ring (bicyclic) bond motifs is 3. The minimum atomic E-state index is -0.117. The van der Waals surface area contributed by atoms with Crippen molar-refractivity contribution in [3.05, 3.63) is 71.9 Å². The summed E-state index contributed by atoms with van der Waals surface area (Å²) in [5.74, 6) is 0.555. The molecule has 5 rings (SSSR count). The van der Waals surface area contributed by atoms with Crippen LogP contribution in [-0.2, 0) is 12.8 Å². The highest BCUT2D eigenvalue weighted by atomic mass is 16.3. The predicted octanol–water partition coefficient (Wildman–Crippen LogP) is 4.95. The number of carbonyl (C=O) groups is 1. The van der Waals surface area contributed by atoms with E-state index in [1.165, 1.54) is 35.9 Å². The molecule has 5 nitrogen and oxygen atoms in total. The number of aryl methyl sites for hydroxylation is 2. The van der Waals surface area contributed by atoms with Crippen molar-refractivity contribution in [2.24, 2.45) is 0 Å². The first kappa shape index (κ1) is 15.9. The molecule has 4 aromatic rings. The zero-order chi connectivity index (χ0) is 18.2. The topological polar surface area (TPSA) is 70.9 Å². The Bertz CT molecular complexity index is 1130. The minimum Gasteiger partial charge on any atom is -0.444 e. The van der Waals surface area contributed by atoms with Gasteiger partial charge in [0.25, 0.3) is 5.91 Å². The van der Waals surface area contributed by atoms with Gasteiger partial charge in [0.05, 0.1) is 17.3 Å². The quantitative estimate of drug-likeness (QED) is 0.545. The van der Waals surface area contributed by atoms with Crippen LogP contribution in [0.3, 0.4) is 0 Å². The van der Waals surface area contributed by atoms with Crippen LogP contribution in [0.5, 0.6) is 0 Å². The SMILES string of the molecule is O=C(Nc1cccc(-c2cnco2)c1)c1cccc2c3c([nH]c12)CCCC3. The number of rotatable bonds is 3. The molecule has 1 aliphatic carbocycles. The molecule has 0 fully saturated rings. The van der Waals surface area contributed by atoms with E-state index < -0.39 is 0 Å². The Morgan fingerprint density at radius 1 is 1.11 bits per heavy atom. The highest BCUT2D eigenvalue weighted by Crippen LogP contribution is 2.31. The van der Waals surface area contributed by atoms with E-state index >= 15 is 0 Å². The summed E-state index contributed by atoms with van der Waals surface area (Å²) in [6.45, 7) is 0. The number of nitrogens with zero attached hydrogens (tertiary/aromatic N) is 1. The van der Waals surface area contributed by atoms with Gasteiger partial charge >= 0.3 is 0 Å². The van der Waals surface area contributed by atoms with Gasteiger partial charge in [-0.05, 0) is 49.4 Å². The summed E-state index contributed by atoms with van der Waals surface area (Å²) < 4.78 is 5.34. The van der Waals surface area contributed by atoms with Gasteiger partial charge in [-0.15, -0.1) is 0 Å². The number of amides is 1. The predicted molar refractivity (Wildman–Crippen MR) is 105 cm³/mol. The lowest BCUT2D eigenvalue weighted by Gasteiger charge is -2.10. The summed E-state index contributed by atoms with van der Waals surface area (Å²) in [4.78, 5) is 20.4. The second kappa shape index (κ2) is 6.43. The number of oxazole rings is 1. The molecule has 27 heavy (non-hydrogen) atoms. The van der Waals surface area contributed by atoms with E-state index in [9.17, 15) is 4.79 Å². The van der Waals surface area contributed by atoms with Gasteiger partial charge in [-0.1, -0.05) is 24.3 Å². The Balaban J connectivity index is 1.48. The molecule has 5 heteroatoms. The van der Waals surface area contributed by atoms with E-state index in [2.05, 4.69) is 21.4 Å². The van der Waals surface area contributed by atoms with Crippen molar-refractivity contribution in [1.29, 1.82) is 0 Å². The maximum absolute atomic E-state index is 13.0. The molecule has 134 valence electrons. The Kier molecular flexibility index (Phi) is 3.78. The zero-order valence-corrected chi connectivity index (χ0v) is 14.8. The van der Waals surface area contributed by atoms with Crippen LogP contribution in [0.25, 0.3) is 22.2 Å². The number of nitrogens with one attached hydrogen (secondary N) is 2. The van der Waals surface area contributed by atoms with Crippen LogP contribution >= 0.6 is 0 Å². The molecule has 2 heterocycles. The third kappa shape index (κ3) is 2.81. The highest BCUT2D eigenvalue weighted by Gasteiger charge is 2.19. The van der Waals surface area contributed by atoms with E-state index in [4.69, 9.17) is 4.42 Å². The lowest BCUT2D eigenvalue weighted by Crippen LogP contribution is -2.12. The van der Waals surface area contributed by atoms with Crippen LogP contribution in [0.15, 0.2) is 59.5 Å². The number of para-hydroxylation sites is 1. The van der Waals surface area contributed by atoms with Gasteiger partial charge in [0.15, 0.2) is 12.2 Å². The van der Waals surface area contributed by atoms with Crippen molar-refractivity contribution in [2.75, 3.05) is 5.32 Å². The first-order valence-corrected chi connectivity index (χ1v) is 9.22. The van der Waals surface area contributed by atoms with E-state index in [0.29, 0.717) is 11.3 Å². The van der Waals surface area contributed by atoms with Gasteiger partial charge in [0, 0.05) is 22.3 Å². The first-order valence-electron chi connectivity index (χ1n) is 9.22. The number of aromatic nitrogens is 2. The molecule has 0 aliphatic heterocycles. The molecule has 2 aromatic carbocycles. The molecule has 2 aromatic heterocycles. The number of carbonyl (C=O) groups excluding carboxylic acids is 1. The van der Waals surface area contributed by atoms with Gasteiger partial charge in [0.2, 0.25) is 0 Å². The highest BCUT2D eigenvalue weighted by molar-refractivity contribution is 6.12. The number of benzene rings is 2. The second-order valence-corrected chi connectivity index (χ2v) is 6.92. The summed E-state index contributed by atoms with van der Waals surface area (Å²) in [7, 11) is 0. The van der Waals surface area contributed by atoms with Crippen LogP contribution in [0, 0.1) is 0 Å². The standard InChI is InChI=1S/C22H19N3O2/c26-22(24-15-6-3-5-14(11-15)20-12-23-13-27-20)18-9-4-8-17-16-7-1-2-10-19(16)25-21(17)18/h3-6,8-9,11-13,25H,1-2,7,10H2,(H,24,26). The van der Waals surface area contributed by atoms with Crippen molar-refractivity contribution in [2.45, 2.75) is 25.7 Å². The molecule has 1 amide bonds. The Hall–Kier alpha value is -3.34. The average Bonchev–Trinajstić information content (AvgIpc) is 3.36. The molecular formula is C22H19N3O2. The van der Waals surface area contributed by atoms with Crippen LogP contribution in [0.2, 0.25) is 0 Å². The molecule has 0 saturated carbocycles. The number of hydrogen-bond donors (Lipinski definition) is 2. The molecule has 0 saturated heterocycles. The number of anilines is 1. The van der Waals surface area contributed by atoms with Crippen LogP contribution in [0.1, 0.15) is 34.5 Å². The van der Waals surface area contributed by atoms with E-state index in [1.54, 1.807) is 6.20 Å². The molecule has 1 aliphatic rings. The fourth-order valence-electron chi connectivity index (χ4n) is 3.93. The fraction of sp³-hybridized carbons (Fsp3) is 0.182. The van der Waals surface area contributed by atoms with Gasteiger partial charge in [0.1, 0.15) is 0 Å². The van der Waals surface area contributed by atoms with Crippen LogP contribution < -0.4 is 5.32 Å². The molecule has 0 atom stereocenters. The average molecular weight is 357 g/mol. The third-order valence-corrected chi connectivity index (χ3v) is 5.22. The number of hydrogen-bond acceptors (Lipinski definition) is 3. The van der Waals surface area contributed by atoms with Crippen molar-refractivity contribution in [1.82, 2.24) is 9.97 Å². The Labute approximate surface area is 156 Å². The van der Waals surface area contributed by atoms with Gasteiger partial charge in [-0.2, -0.15) is 0 Å². The normalized spacial score (nSPS) is 13.5. The van der Waals surface area contributed by atoms with E-state index in [1.807, 2.05) is 36.4 Å². The molecule has 0 radical (unpaired) electrons. The Morgan fingerprint density at radius 2 is 2.00 bits per heavy atom. The fourth-order valence-corrected chi connectivity index (χ4v) is 3.93. The van der Waals surface area contributed by atoms with E-state index in [-0.39, 0.29) is 5.91 Å². The van der Waals surface area contributed by atoms with E-state index in [0.717, 1.165) is 29.6 Å². The second-order valence-electron chi connectivity index (χ2n) is 6.92. The number of H-pyrrole nitrogens is 1. The third-order valence-electron chi connectivity index (χ3n) is 5.22. The monoisotopic (exact) mass is 357 g/mol. The van der Waals surface area contributed by atoms with Crippen molar-refractivity contribution < 1.29 is 9.21 Å². The largest absolute Gasteiger partial charge is 0.444 e. The van der Waals surface area contributed by atoms with Gasteiger partial charge < -0.3 is 14.7 Å². The maximum atomic E-state index is 13.0. The maximum Gasteiger partial charge on any atom is 0.257 e. The summed E-state index contributed by atoms with van der Waals surface area (Å²) in [6, 6.07) is 13.5. The van der Waals surface area contributed by atoms with Gasteiger partial charge in [-0.3, -0.25) is 4.79 Å². The van der Waals surface area contributed by atoms with Crippen molar-refractivity contribution in [3.63, 3.8) is 0 Å². The van der Waals surface area contributed by atoms with Crippen molar-refractivity contribution >= 4 is 22.5 Å². The lowest BCUT2D eigenvalue weighted by molar-refractivity contribution is 0.102. The van der Waals surface area contributed by atoms with Crippen LogP contribution in [-0.4, -0.2) is 15.9 Å². The minimum absolute atomic E-state index is 0.117. The van der Waals surface area contributed by atoms with Crippen LogP contribution in [0.4, 0.5) is 5.69 Å². The molecule has 2 N–H and O–H groups in total. The summed E-state index contributed by atoms with van der Waals surface area (Å²) in [5, 5.41) is 4.19. The molecule has 0 unspecified atom stereocenters. The summed E-state index contributed by atoms with van der Waals surface area (Å²) in [6.07, 6.45) is 7.62. The molecular weight excluding hydrogens is 338 g/mol. The number of aromatic amines is 1. The molecule has 0 bridgehead atoms. The first-order chi connectivity index (χ1) is 13.3. The summed E-state index contributed by atoms with van der Waals surface area (Å²) in [5.41, 5.74) is 5.86. The Morgan fingerprint density at radius 3 is 2.89 bits per heavy atom. The van der Waals surface area contributed by atoms with Crippen molar-refractivity contribution in [3.8, 4) is 11.3 Å².